The van der Waals surface area contributed by atoms with Gasteiger partial charge in [-0.15, -0.1) is 0 Å². The molecule has 0 unspecified atom stereocenters. The van der Waals surface area contributed by atoms with Crippen LogP contribution in [0.15, 0.2) is 53.4 Å². The van der Waals surface area contributed by atoms with Crippen LogP contribution >= 0.6 is 0 Å². The fourth-order valence-electron chi connectivity index (χ4n) is 3.52. The zero-order valence-corrected chi connectivity index (χ0v) is 18.4. The lowest BCUT2D eigenvalue weighted by molar-refractivity contribution is -0.119. The molecular formula is C22H27N3O5S. The summed E-state index contributed by atoms with van der Waals surface area (Å²) in [7, 11) is -1.32. The normalized spacial score (nSPS) is 14.5. The first-order valence-corrected chi connectivity index (χ1v) is 11.6. The molecule has 0 saturated heterocycles. The first kappa shape index (κ1) is 22.9. The third-order valence-corrected chi connectivity index (χ3v) is 7.04. The van der Waals surface area contributed by atoms with E-state index in [1.165, 1.54) is 32.4 Å². The van der Waals surface area contributed by atoms with Crippen LogP contribution in [0.5, 0.6) is 0 Å². The van der Waals surface area contributed by atoms with E-state index in [1.54, 1.807) is 6.07 Å². The molecule has 31 heavy (non-hydrogen) atoms. The molecule has 1 aliphatic carbocycles. The summed E-state index contributed by atoms with van der Waals surface area (Å²) < 4.78 is 25.5. The molecule has 2 aromatic rings. The first-order chi connectivity index (χ1) is 14.8. The minimum absolute atomic E-state index is 0.0396. The van der Waals surface area contributed by atoms with Gasteiger partial charge < -0.3 is 10.6 Å². The topological polar surface area (TPSA) is 105 Å². The smallest absolute Gasteiger partial charge is 0.264 e. The molecule has 0 aromatic heterocycles. The van der Waals surface area contributed by atoms with Gasteiger partial charge in [0.25, 0.3) is 15.9 Å². The predicted octanol–water partition coefficient (Wildman–Crippen LogP) is 2.93. The Morgan fingerprint density at radius 3 is 2.52 bits per heavy atom. The molecule has 1 saturated carbocycles. The molecule has 0 atom stereocenters. The number of carbonyl (C=O) groups excluding carboxylic acids is 2. The molecule has 8 nitrogen and oxygen atoms in total. The number of anilines is 1. The van der Waals surface area contributed by atoms with Crippen molar-refractivity contribution in [1.29, 1.82) is 0 Å². The van der Waals surface area contributed by atoms with Gasteiger partial charge in [-0.3, -0.25) is 14.4 Å². The highest BCUT2D eigenvalue weighted by Gasteiger charge is 2.23. The van der Waals surface area contributed by atoms with E-state index in [9.17, 15) is 18.0 Å². The number of rotatable bonds is 8. The molecule has 2 aromatic carbocycles. The Labute approximate surface area is 182 Å². The maximum atomic E-state index is 12.6. The van der Waals surface area contributed by atoms with E-state index in [2.05, 4.69) is 10.6 Å². The number of benzene rings is 2. The van der Waals surface area contributed by atoms with E-state index in [4.69, 9.17) is 4.84 Å². The summed E-state index contributed by atoms with van der Waals surface area (Å²) in [5.74, 6) is -0.292. The quantitative estimate of drug-likeness (QED) is 0.608. The lowest BCUT2D eigenvalue weighted by Gasteiger charge is -2.14. The number of nitrogens with one attached hydrogen (secondary N) is 2. The van der Waals surface area contributed by atoms with Crippen molar-refractivity contribution < 1.29 is 22.8 Å². The average molecular weight is 446 g/mol. The van der Waals surface area contributed by atoms with Gasteiger partial charge in [-0.1, -0.05) is 35.5 Å². The van der Waals surface area contributed by atoms with Gasteiger partial charge in [-0.05, 0) is 48.7 Å². The molecule has 0 radical (unpaired) electrons. The Morgan fingerprint density at radius 1 is 1.10 bits per heavy atom. The fourth-order valence-corrected chi connectivity index (χ4v) is 4.54. The number of sulfonamides is 1. The van der Waals surface area contributed by atoms with Crippen LogP contribution in [0.25, 0.3) is 0 Å². The molecule has 3 rings (SSSR count). The minimum atomic E-state index is -3.85. The zero-order chi connectivity index (χ0) is 22.4. The lowest BCUT2D eigenvalue weighted by Crippen LogP contribution is -2.27. The van der Waals surface area contributed by atoms with Crippen molar-refractivity contribution in [3.05, 3.63) is 59.7 Å². The number of amides is 2. The van der Waals surface area contributed by atoms with Crippen LogP contribution in [0.2, 0.25) is 0 Å². The summed E-state index contributed by atoms with van der Waals surface area (Å²) in [6.45, 7) is 0.237. The largest absolute Gasteiger partial charge is 0.348 e. The average Bonchev–Trinajstić information content (AvgIpc) is 3.32. The highest BCUT2D eigenvalue weighted by molar-refractivity contribution is 7.89. The summed E-state index contributed by atoms with van der Waals surface area (Å²) >= 11 is 0. The highest BCUT2D eigenvalue weighted by Crippen LogP contribution is 2.26. The second-order valence-electron chi connectivity index (χ2n) is 7.48. The molecule has 1 aliphatic rings. The van der Waals surface area contributed by atoms with Gasteiger partial charge in [0, 0.05) is 30.8 Å². The maximum absolute atomic E-state index is 12.6. The van der Waals surface area contributed by atoms with Crippen LogP contribution in [-0.2, 0) is 26.2 Å². The van der Waals surface area contributed by atoms with Gasteiger partial charge in [0.15, 0.2) is 0 Å². The Morgan fingerprint density at radius 2 is 1.81 bits per heavy atom. The fraction of sp³-hybridized carbons (Fsp3) is 0.364. The summed E-state index contributed by atoms with van der Waals surface area (Å²) in [4.78, 5) is 29.6. The van der Waals surface area contributed by atoms with E-state index in [-0.39, 0.29) is 28.8 Å². The Hall–Kier alpha value is -2.75. The van der Waals surface area contributed by atoms with Crippen LogP contribution in [0.1, 0.15) is 41.6 Å². The van der Waals surface area contributed by atoms with Gasteiger partial charge >= 0.3 is 0 Å². The van der Waals surface area contributed by atoms with Crippen molar-refractivity contribution in [2.75, 3.05) is 19.5 Å². The SMILES string of the molecule is CON(C)S(=O)(=O)c1cccc(C(=O)NCc2cccc(NC(=O)C3CCCC3)c2)c1. The molecule has 166 valence electrons. The molecule has 2 N–H and O–H groups in total. The number of carbonyl (C=O) groups is 2. The first-order valence-electron chi connectivity index (χ1n) is 10.1. The van der Waals surface area contributed by atoms with Gasteiger partial charge in [0.1, 0.15) is 0 Å². The monoisotopic (exact) mass is 445 g/mol. The third-order valence-electron chi connectivity index (χ3n) is 5.36. The van der Waals surface area contributed by atoms with Crippen molar-refractivity contribution in [3.8, 4) is 0 Å². The molecule has 0 heterocycles. The summed E-state index contributed by atoms with van der Waals surface area (Å²) in [5.41, 5.74) is 1.73. The van der Waals surface area contributed by atoms with Crippen LogP contribution in [0, 0.1) is 5.92 Å². The predicted molar refractivity (Wildman–Crippen MR) is 117 cm³/mol. The number of hydroxylamine groups is 1. The Balaban J connectivity index is 1.63. The lowest BCUT2D eigenvalue weighted by atomic mass is 10.1. The third kappa shape index (κ3) is 5.69. The van der Waals surface area contributed by atoms with Crippen molar-refractivity contribution >= 4 is 27.5 Å². The van der Waals surface area contributed by atoms with Gasteiger partial charge in [0.05, 0.1) is 12.0 Å². The number of hydrogen-bond donors (Lipinski definition) is 2. The van der Waals surface area contributed by atoms with Crippen LogP contribution in [0.4, 0.5) is 5.69 Å². The van der Waals surface area contributed by atoms with Gasteiger partial charge in [-0.25, -0.2) is 8.42 Å². The van der Waals surface area contributed by atoms with Crippen molar-refractivity contribution in [2.45, 2.75) is 37.1 Å². The molecule has 1 fully saturated rings. The van der Waals surface area contributed by atoms with E-state index >= 15 is 0 Å². The molecule has 0 aliphatic heterocycles. The number of nitrogens with zero attached hydrogens (tertiary/aromatic N) is 1. The van der Waals surface area contributed by atoms with Crippen molar-refractivity contribution in [1.82, 2.24) is 9.79 Å². The van der Waals surface area contributed by atoms with Crippen LogP contribution in [-0.4, -0.2) is 38.9 Å². The maximum Gasteiger partial charge on any atom is 0.264 e. The van der Waals surface area contributed by atoms with Gasteiger partial charge in [-0.2, -0.15) is 0 Å². The summed E-state index contributed by atoms with van der Waals surface area (Å²) in [5, 5.41) is 5.73. The molecular weight excluding hydrogens is 418 g/mol. The standard InChI is InChI=1S/C22H27N3O5S/c1-25(30-2)31(28,29)20-12-6-10-18(14-20)21(26)23-15-16-7-5-11-19(13-16)24-22(27)17-8-3-4-9-17/h5-7,10-14,17H,3-4,8-9,15H2,1-2H3,(H,23,26)(H,24,27). The Kier molecular flexibility index (Phi) is 7.42. The second kappa shape index (κ2) is 10.0. The molecule has 2 amide bonds. The van der Waals surface area contributed by atoms with E-state index in [1.807, 2.05) is 24.3 Å². The minimum Gasteiger partial charge on any atom is -0.348 e. The zero-order valence-electron chi connectivity index (χ0n) is 17.6. The van der Waals surface area contributed by atoms with Crippen LogP contribution in [0.3, 0.4) is 0 Å². The van der Waals surface area contributed by atoms with E-state index < -0.39 is 15.9 Å². The molecule has 0 bridgehead atoms. The summed E-state index contributed by atoms with van der Waals surface area (Å²) in [6.07, 6.45) is 4.04. The van der Waals surface area contributed by atoms with E-state index in [0.717, 1.165) is 35.7 Å². The van der Waals surface area contributed by atoms with Crippen molar-refractivity contribution in [2.24, 2.45) is 5.92 Å². The summed E-state index contributed by atoms with van der Waals surface area (Å²) in [6, 6.07) is 13.1. The van der Waals surface area contributed by atoms with Crippen molar-refractivity contribution in [3.63, 3.8) is 0 Å². The highest BCUT2D eigenvalue weighted by atomic mass is 32.2. The van der Waals surface area contributed by atoms with Gasteiger partial charge in [0.2, 0.25) is 5.91 Å². The van der Waals surface area contributed by atoms with Crippen LogP contribution < -0.4 is 10.6 Å². The van der Waals surface area contributed by atoms with E-state index in [0.29, 0.717) is 5.69 Å². The second-order valence-corrected chi connectivity index (χ2v) is 9.41. The number of hydrogen-bond acceptors (Lipinski definition) is 5. The molecule has 9 heteroatoms. The Bertz CT molecular complexity index is 1050. The molecule has 0 spiro atoms.